The molecule has 6 heteroatoms. The topological polar surface area (TPSA) is 57.7 Å². The Kier molecular flexibility index (Phi) is 3.85. The fourth-order valence-electron chi connectivity index (χ4n) is 2.70. The van der Waals surface area contributed by atoms with E-state index in [-0.39, 0.29) is 18.2 Å². The second-order valence-electron chi connectivity index (χ2n) is 5.63. The van der Waals surface area contributed by atoms with Crippen LogP contribution in [0.25, 0.3) is 0 Å². The molecule has 0 fully saturated rings. The van der Waals surface area contributed by atoms with E-state index in [4.69, 9.17) is 0 Å². The molecule has 1 amide bonds. The number of sulfonamides is 1. The fraction of sp³-hybridized carbons (Fsp3) is 0.235. The molecule has 0 bridgehead atoms. The number of anilines is 2. The molecule has 0 atom stereocenters. The highest BCUT2D eigenvalue weighted by molar-refractivity contribution is 7.92. The van der Waals surface area contributed by atoms with E-state index < -0.39 is 10.0 Å². The van der Waals surface area contributed by atoms with Crippen LogP contribution in [0.4, 0.5) is 11.4 Å². The van der Waals surface area contributed by atoms with Crippen LogP contribution in [0.5, 0.6) is 0 Å². The molecule has 0 unspecified atom stereocenters. The highest BCUT2D eigenvalue weighted by Gasteiger charge is 2.34. The molecule has 2 aromatic rings. The molecule has 5 nitrogen and oxygen atoms in total. The van der Waals surface area contributed by atoms with Crippen LogP contribution in [-0.4, -0.2) is 27.9 Å². The zero-order valence-electron chi connectivity index (χ0n) is 13.1. The van der Waals surface area contributed by atoms with Crippen molar-refractivity contribution in [2.75, 3.05) is 22.8 Å². The first-order chi connectivity index (χ1) is 10.9. The molecule has 0 saturated heterocycles. The van der Waals surface area contributed by atoms with E-state index >= 15 is 0 Å². The summed E-state index contributed by atoms with van der Waals surface area (Å²) in [5.74, 6) is -0.359. The minimum Gasteiger partial charge on any atom is -0.312 e. The summed E-state index contributed by atoms with van der Waals surface area (Å²) in [6, 6.07) is 14.4. The maximum atomic E-state index is 12.9. The number of hydrogen-bond acceptors (Lipinski definition) is 3. The van der Waals surface area contributed by atoms with Gasteiger partial charge < -0.3 is 4.90 Å². The van der Waals surface area contributed by atoms with Crippen LogP contribution >= 0.6 is 0 Å². The van der Waals surface area contributed by atoms with E-state index in [2.05, 4.69) is 0 Å². The summed E-state index contributed by atoms with van der Waals surface area (Å²) in [6.45, 7) is 1.72. The molecule has 0 radical (unpaired) electrons. The first-order valence-corrected chi connectivity index (χ1v) is 8.91. The average molecular weight is 330 g/mol. The van der Waals surface area contributed by atoms with Gasteiger partial charge >= 0.3 is 0 Å². The Hall–Kier alpha value is -2.34. The largest absolute Gasteiger partial charge is 0.312 e. The summed E-state index contributed by atoms with van der Waals surface area (Å²) in [4.78, 5) is 13.6. The SMILES string of the molecule is Cc1ccccc1CS(=O)(=O)N1CC(=O)N(C)c2ccccc21. The first kappa shape index (κ1) is 15.6. The number of carbonyl (C=O) groups is 1. The van der Waals surface area contributed by atoms with E-state index in [9.17, 15) is 13.2 Å². The lowest BCUT2D eigenvalue weighted by Crippen LogP contribution is -2.46. The summed E-state index contributed by atoms with van der Waals surface area (Å²) >= 11 is 0. The molecular formula is C17H18N2O3S. The van der Waals surface area contributed by atoms with Gasteiger partial charge in [0.2, 0.25) is 15.9 Å². The Balaban J connectivity index is 2.02. The molecule has 0 saturated carbocycles. The minimum atomic E-state index is -3.64. The van der Waals surface area contributed by atoms with E-state index in [1.54, 1.807) is 37.4 Å². The number of aryl methyl sites for hydroxylation is 1. The number of hydrogen-bond donors (Lipinski definition) is 0. The number of benzene rings is 2. The van der Waals surface area contributed by atoms with Crippen molar-refractivity contribution < 1.29 is 13.2 Å². The molecule has 1 aliphatic heterocycles. The van der Waals surface area contributed by atoms with Crippen LogP contribution < -0.4 is 9.21 Å². The number of amides is 1. The zero-order chi connectivity index (χ0) is 16.6. The number of rotatable bonds is 3. The molecule has 0 N–H and O–H groups in total. The van der Waals surface area contributed by atoms with Crippen LogP contribution in [0, 0.1) is 6.92 Å². The Labute approximate surface area is 136 Å². The van der Waals surface area contributed by atoms with Crippen molar-refractivity contribution in [2.45, 2.75) is 12.7 Å². The Morgan fingerprint density at radius 3 is 2.30 bits per heavy atom. The molecule has 3 rings (SSSR count). The second kappa shape index (κ2) is 5.70. The van der Waals surface area contributed by atoms with Crippen molar-refractivity contribution in [1.82, 2.24) is 0 Å². The van der Waals surface area contributed by atoms with Crippen molar-refractivity contribution in [3.8, 4) is 0 Å². The molecule has 1 aliphatic rings. The molecule has 120 valence electrons. The van der Waals surface area contributed by atoms with Gasteiger partial charge in [0.15, 0.2) is 0 Å². The predicted octanol–water partition coefficient (Wildman–Crippen LogP) is 2.31. The molecule has 2 aromatic carbocycles. The molecule has 1 heterocycles. The molecule has 0 aromatic heterocycles. The average Bonchev–Trinajstić information content (AvgIpc) is 2.53. The number of para-hydroxylation sites is 2. The van der Waals surface area contributed by atoms with Gasteiger partial charge in [0, 0.05) is 7.05 Å². The Morgan fingerprint density at radius 2 is 1.61 bits per heavy atom. The van der Waals surface area contributed by atoms with E-state index in [1.807, 2.05) is 25.1 Å². The summed E-state index contributed by atoms with van der Waals surface area (Å²) in [6.07, 6.45) is 0. The van der Waals surface area contributed by atoms with Crippen molar-refractivity contribution in [1.29, 1.82) is 0 Å². The quantitative estimate of drug-likeness (QED) is 0.868. The number of nitrogens with zero attached hydrogens (tertiary/aromatic N) is 2. The van der Waals surface area contributed by atoms with Gasteiger partial charge in [-0.05, 0) is 30.2 Å². The Bertz CT molecular complexity index is 862. The number of likely N-dealkylation sites (N-methyl/N-ethyl adjacent to an activating group) is 1. The fourth-order valence-corrected chi connectivity index (χ4v) is 4.34. The molecular weight excluding hydrogens is 312 g/mol. The van der Waals surface area contributed by atoms with Crippen molar-refractivity contribution in [2.24, 2.45) is 0 Å². The van der Waals surface area contributed by atoms with E-state index in [1.165, 1.54) is 9.21 Å². The summed E-state index contributed by atoms with van der Waals surface area (Å²) in [7, 11) is -1.98. The summed E-state index contributed by atoms with van der Waals surface area (Å²) < 4.78 is 27.0. The lowest BCUT2D eigenvalue weighted by Gasteiger charge is -2.34. The lowest BCUT2D eigenvalue weighted by molar-refractivity contribution is -0.117. The van der Waals surface area contributed by atoms with Crippen molar-refractivity contribution in [3.63, 3.8) is 0 Å². The van der Waals surface area contributed by atoms with Crippen LogP contribution in [0.15, 0.2) is 48.5 Å². The number of carbonyl (C=O) groups excluding carboxylic acids is 1. The summed E-state index contributed by atoms with van der Waals surface area (Å²) in [5.41, 5.74) is 2.82. The summed E-state index contributed by atoms with van der Waals surface area (Å²) in [5, 5.41) is 0. The monoisotopic (exact) mass is 330 g/mol. The predicted molar refractivity (Wildman–Crippen MR) is 91.0 cm³/mol. The minimum absolute atomic E-state index is 0.120. The van der Waals surface area contributed by atoms with Crippen molar-refractivity contribution in [3.05, 3.63) is 59.7 Å². The normalized spacial score (nSPS) is 14.8. The van der Waals surface area contributed by atoms with Gasteiger partial charge in [-0.25, -0.2) is 8.42 Å². The third kappa shape index (κ3) is 2.82. The lowest BCUT2D eigenvalue weighted by atomic mass is 10.1. The molecule has 0 spiro atoms. The first-order valence-electron chi connectivity index (χ1n) is 7.30. The van der Waals surface area contributed by atoms with Crippen LogP contribution in [0.3, 0.4) is 0 Å². The van der Waals surface area contributed by atoms with Gasteiger partial charge in [-0.15, -0.1) is 0 Å². The molecule has 23 heavy (non-hydrogen) atoms. The van der Waals surface area contributed by atoms with Crippen molar-refractivity contribution >= 4 is 27.3 Å². The van der Waals surface area contributed by atoms with E-state index in [0.29, 0.717) is 11.4 Å². The van der Waals surface area contributed by atoms with Gasteiger partial charge in [0.25, 0.3) is 0 Å². The van der Waals surface area contributed by atoms with Gasteiger partial charge in [-0.1, -0.05) is 36.4 Å². The van der Waals surface area contributed by atoms with E-state index in [0.717, 1.165) is 11.1 Å². The maximum absolute atomic E-state index is 12.9. The Morgan fingerprint density at radius 1 is 1.00 bits per heavy atom. The van der Waals surface area contributed by atoms with Gasteiger partial charge in [0.1, 0.15) is 6.54 Å². The van der Waals surface area contributed by atoms with Gasteiger partial charge in [0.05, 0.1) is 17.1 Å². The molecule has 0 aliphatic carbocycles. The highest BCUT2D eigenvalue weighted by atomic mass is 32.2. The van der Waals surface area contributed by atoms with Gasteiger partial charge in [-0.3, -0.25) is 9.10 Å². The third-order valence-corrected chi connectivity index (χ3v) is 5.77. The van der Waals surface area contributed by atoms with Crippen LogP contribution in [-0.2, 0) is 20.6 Å². The standard InChI is InChI=1S/C17H18N2O3S/c1-13-7-3-4-8-14(13)12-23(21,22)19-11-17(20)18(2)15-9-5-6-10-16(15)19/h3-10H,11-12H2,1-2H3. The second-order valence-corrected chi connectivity index (χ2v) is 7.52. The number of fused-ring (bicyclic) bond motifs is 1. The smallest absolute Gasteiger partial charge is 0.247 e. The van der Waals surface area contributed by atoms with Crippen LogP contribution in [0.1, 0.15) is 11.1 Å². The third-order valence-electron chi connectivity index (χ3n) is 4.10. The highest BCUT2D eigenvalue weighted by Crippen LogP contribution is 2.35. The van der Waals surface area contributed by atoms with Crippen LogP contribution in [0.2, 0.25) is 0 Å². The zero-order valence-corrected chi connectivity index (χ0v) is 13.9. The van der Waals surface area contributed by atoms with Gasteiger partial charge in [-0.2, -0.15) is 0 Å². The maximum Gasteiger partial charge on any atom is 0.247 e.